The summed E-state index contributed by atoms with van der Waals surface area (Å²) in [5.41, 5.74) is 0.811. The minimum Gasteiger partial charge on any atom is -0.481 e. The largest absolute Gasteiger partial charge is 0.481 e. The number of rotatable bonds is 3. The maximum absolute atomic E-state index is 13.1. The van der Waals surface area contributed by atoms with Gasteiger partial charge in [0.25, 0.3) is 0 Å². The Bertz CT molecular complexity index is 418. The number of nitrogens with zero attached hydrogens (tertiary/aromatic N) is 1. The van der Waals surface area contributed by atoms with Crippen molar-refractivity contribution in [2.24, 2.45) is 5.92 Å². The molecule has 1 fully saturated rings. The van der Waals surface area contributed by atoms with E-state index in [2.05, 4.69) is 0 Å². The Labute approximate surface area is 97.4 Å². The van der Waals surface area contributed by atoms with Gasteiger partial charge < -0.3 is 5.11 Å². The second kappa shape index (κ2) is 4.39. The Balaban J connectivity index is 1.91. The van der Waals surface area contributed by atoms with Crippen LogP contribution in [0.1, 0.15) is 5.56 Å². The first-order valence-corrected chi connectivity index (χ1v) is 5.33. The van der Waals surface area contributed by atoms with Gasteiger partial charge >= 0.3 is 5.97 Å². The van der Waals surface area contributed by atoms with Crippen molar-refractivity contribution in [2.75, 3.05) is 13.1 Å². The summed E-state index contributed by atoms with van der Waals surface area (Å²) in [6, 6.07) is 4.65. The van der Waals surface area contributed by atoms with Crippen LogP contribution >= 0.6 is 11.6 Å². The molecule has 1 aromatic rings. The van der Waals surface area contributed by atoms with Gasteiger partial charge in [0.2, 0.25) is 0 Å². The number of carboxylic acids is 1. The molecule has 0 atom stereocenters. The van der Waals surface area contributed by atoms with Gasteiger partial charge in [-0.25, -0.2) is 4.39 Å². The Morgan fingerprint density at radius 2 is 2.25 bits per heavy atom. The summed E-state index contributed by atoms with van der Waals surface area (Å²) in [5, 5.41) is 8.80. The third-order valence-corrected chi connectivity index (χ3v) is 3.00. The molecule has 0 aromatic heterocycles. The lowest BCUT2D eigenvalue weighted by Gasteiger charge is -2.36. The lowest BCUT2D eigenvalue weighted by molar-refractivity contribution is -0.147. The fourth-order valence-corrected chi connectivity index (χ4v) is 1.87. The zero-order chi connectivity index (χ0) is 11.7. The van der Waals surface area contributed by atoms with Crippen molar-refractivity contribution in [1.82, 2.24) is 4.90 Å². The number of hydrogen-bond donors (Lipinski definition) is 1. The Kier molecular flexibility index (Phi) is 3.12. The standard InChI is InChI=1S/C11H11ClFNO2/c12-9-2-1-7(3-10(9)13)4-14-5-8(6-14)11(15)16/h1-3,8H,4-6H2,(H,15,16). The summed E-state index contributed by atoms with van der Waals surface area (Å²) >= 11 is 5.56. The first kappa shape index (κ1) is 11.4. The molecule has 1 aliphatic heterocycles. The monoisotopic (exact) mass is 243 g/mol. The second-order valence-corrected chi connectivity index (χ2v) is 4.38. The van der Waals surface area contributed by atoms with E-state index in [1.165, 1.54) is 12.1 Å². The number of carboxylic acid groups (broad SMARTS) is 1. The maximum atomic E-state index is 13.1. The van der Waals surface area contributed by atoms with Crippen molar-refractivity contribution in [3.05, 3.63) is 34.6 Å². The highest BCUT2D eigenvalue weighted by Gasteiger charge is 2.32. The van der Waals surface area contributed by atoms with E-state index in [0.29, 0.717) is 19.6 Å². The number of aliphatic carboxylic acids is 1. The molecule has 0 aliphatic carbocycles. The minimum atomic E-state index is -0.765. The van der Waals surface area contributed by atoms with Gasteiger partial charge in [0, 0.05) is 19.6 Å². The van der Waals surface area contributed by atoms with E-state index >= 15 is 0 Å². The zero-order valence-corrected chi connectivity index (χ0v) is 9.25. The normalized spacial score (nSPS) is 17.1. The van der Waals surface area contributed by atoms with Crippen molar-refractivity contribution in [2.45, 2.75) is 6.54 Å². The van der Waals surface area contributed by atoms with E-state index in [1.807, 2.05) is 4.90 Å². The van der Waals surface area contributed by atoms with Gasteiger partial charge in [0.1, 0.15) is 5.82 Å². The van der Waals surface area contributed by atoms with Crippen LogP contribution in [0.5, 0.6) is 0 Å². The van der Waals surface area contributed by atoms with Gasteiger partial charge in [-0.05, 0) is 17.7 Å². The van der Waals surface area contributed by atoms with Crippen LogP contribution in [0, 0.1) is 11.7 Å². The number of benzene rings is 1. The molecule has 1 heterocycles. The van der Waals surface area contributed by atoms with Gasteiger partial charge in [-0.1, -0.05) is 17.7 Å². The minimum absolute atomic E-state index is 0.107. The third-order valence-electron chi connectivity index (χ3n) is 2.70. The van der Waals surface area contributed by atoms with E-state index < -0.39 is 11.8 Å². The molecule has 0 saturated carbocycles. The molecule has 86 valence electrons. The number of carbonyl (C=O) groups is 1. The van der Waals surface area contributed by atoms with E-state index in [-0.39, 0.29) is 10.9 Å². The molecule has 0 unspecified atom stereocenters. The Hall–Kier alpha value is -1.13. The SMILES string of the molecule is O=C(O)C1CN(Cc2ccc(Cl)c(F)c2)C1. The lowest BCUT2D eigenvalue weighted by atomic mass is 10.00. The van der Waals surface area contributed by atoms with Crippen LogP contribution in [0.4, 0.5) is 4.39 Å². The quantitative estimate of drug-likeness (QED) is 0.883. The third kappa shape index (κ3) is 2.33. The predicted octanol–water partition coefficient (Wildman–Crippen LogP) is 2.00. The lowest BCUT2D eigenvalue weighted by Crippen LogP contribution is -2.49. The molecule has 1 aromatic carbocycles. The van der Waals surface area contributed by atoms with Crippen molar-refractivity contribution in [3.8, 4) is 0 Å². The van der Waals surface area contributed by atoms with Crippen LogP contribution < -0.4 is 0 Å². The van der Waals surface area contributed by atoms with Gasteiger partial charge in [0.05, 0.1) is 10.9 Å². The Morgan fingerprint density at radius 3 is 2.81 bits per heavy atom. The number of hydrogen-bond acceptors (Lipinski definition) is 2. The van der Waals surface area contributed by atoms with Crippen LogP contribution in [-0.2, 0) is 11.3 Å². The molecule has 16 heavy (non-hydrogen) atoms. The molecule has 0 radical (unpaired) electrons. The van der Waals surface area contributed by atoms with E-state index in [1.54, 1.807) is 6.07 Å². The predicted molar refractivity (Wildman–Crippen MR) is 57.8 cm³/mol. The van der Waals surface area contributed by atoms with E-state index in [0.717, 1.165) is 5.56 Å². The molecule has 1 aliphatic rings. The summed E-state index contributed by atoms with van der Waals surface area (Å²) in [4.78, 5) is 12.5. The summed E-state index contributed by atoms with van der Waals surface area (Å²) in [6.07, 6.45) is 0. The molecular formula is C11H11ClFNO2. The zero-order valence-electron chi connectivity index (χ0n) is 8.49. The van der Waals surface area contributed by atoms with Crippen LogP contribution in [0.2, 0.25) is 5.02 Å². The number of likely N-dealkylation sites (tertiary alicyclic amines) is 1. The molecule has 3 nitrogen and oxygen atoms in total. The Morgan fingerprint density at radius 1 is 1.56 bits per heavy atom. The topological polar surface area (TPSA) is 40.5 Å². The van der Waals surface area contributed by atoms with Crippen molar-refractivity contribution < 1.29 is 14.3 Å². The summed E-state index contributed by atoms with van der Waals surface area (Å²) < 4.78 is 13.1. The molecule has 1 saturated heterocycles. The summed E-state index contributed by atoms with van der Waals surface area (Å²) in [7, 11) is 0. The van der Waals surface area contributed by atoms with E-state index in [4.69, 9.17) is 16.7 Å². The van der Waals surface area contributed by atoms with Gasteiger partial charge in [-0.15, -0.1) is 0 Å². The average molecular weight is 244 g/mol. The van der Waals surface area contributed by atoms with Crippen LogP contribution in [0.3, 0.4) is 0 Å². The molecule has 0 bridgehead atoms. The van der Waals surface area contributed by atoms with E-state index in [9.17, 15) is 9.18 Å². The fraction of sp³-hybridized carbons (Fsp3) is 0.364. The molecule has 2 rings (SSSR count). The fourth-order valence-electron chi connectivity index (χ4n) is 1.75. The number of halogens is 2. The molecule has 5 heteroatoms. The van der Waals surface area contributed by atoms with Crippen molar-refractivity contribution in [3.63, 3.8) is 0 Å². The highest BCUT2D eigenvalue weighted by atomic mass is 35.5. The highest BCUT2D eigenvalue weighted by Crippen LogP contribution is 2.21. The second-order valence-electron chi connectivity index (χ2n) is 3.98. The average Bonchev–Trinajstić information content (AvgIpc) is 2.15. The first-order chi connectivity index (χ1) is 7.56. The molecule has 0 amide bonds. The van der Waals surface area contributed by atoms with Gasteiger partial charge in [-0.2, -0.15) is 0 Å². The van der Waals surface area contributed by atoms with Crippen LogP contribution in [-0.4, -0.2) is 29.1 Å². The van der Waals surface area contributed by atoms with Gasteiger partial charge in [-0.3, -0.25) is 9.69 Å². The summed E-state index contributed by atoms with van der Waals surface area (Å²) in [6.45, 7) is 1.62. The van der Waals surface area contributed by atoms with Gasteiger partial charge in [0.15, 0.2) is 0 Å². The maximum Gasteiger partial charge on any atom is 0.309 e. The van der Waals surface area contributed by atoms with Crippen LogP contribution in [0.15, 0.2) is 18.2 Å². The highest BCUT2D eigenvalue weighted by molar-refractivity contribution is 6.30. The first-order valence-electron chi connectivity index (χ1n) is 4.95. The molecule has 1 N–H and O–H groups in total. The van der Waals surface area contributed by atoms with Crippen molar-refractivity contribution in [1.29, 1.82) is 0 Å². The smallest absolute Gasteiger partial charge is 0.309 e. The molecular weight excluding hydrogens is 233 g/mol. The molecule has 0 spiro atoms. The summed E-state index contributed by atoms with van der Waals surface area (Å²) in [5.74, 6) is -1.48. The van der Waals surface area contributed by atoms with Crippen molar-refractivity contribution >= 4 is 17.6 Å². The van der Waals surface area contributed by atoms with Crippen LogP contribution in [0.25, 0.3) is 0 Å².